The Morgan fingerprint density at radius 2 is 2.19 bits per heavy atom. The molecule has 0 atom stereocenters. The second kappa shape index (κ2) is 3.47. The Morgan fingerprint density at radius 1 is 1.44 bits per heavy atom. The second-order valence-electron chi connectivity index (χ2n) is 4.21. The summed E-state index contributed by atoms with van der Waals surface area (Å²) in [6.45, 7) is 0. The van der Waals surface area contributed by atoms with Gasteiger partial charge in [0, 0.05) is 6.04 Å². The first kappa shape index (κ1) is 9.63. The Labute approximate surface area is 93.3 Å². The molecule has 1 aliphatic carbocycles. The van der Waals surface area contributed by atoms with Crippen molar-refractivity contribution in [2.24, 2.45) is 0 Å². The van der Waals surface area contributed by atoms with Gasteiger partial charge in [-0.15, -0.1) is 0 Å². The smallest absolute Gasteiger partial charge is 0.276 e. The lowest BCUT2D eigenvalue weighted by atomic mass is 10.1. The van der Waals surface area contributed by atoms with Crippen LogP contribution in [0.2, 0.25) is 0 Å². The van der Waals surface area contributed by atoms with Gasteiger partial charge in [-0.1, -0.05) is 12.8 Å². The molecule has 6 heteroatoms. The van der Waals surface area contributed by atoms with Gasteiger partial charge in [-0.05, 0) is 12.8 Å². The summed E-state index contributed by atoms with van der Waals surface area (Å²) in [7, 11) is 5.47. The average Bonchev–Trinajstić information content (AvgIpc) is 2.82. The predicted octanol–water partition coefficient (Wildman–Crippen LogP) is 0.0285. The van der Waals surface area contributed by atoms with Gasteiger partial charge < -0.3 is 9.55 Å². The molecule has 1 saturated carbocycles. The summed E-state index contributed by atoms with van der Waals surface area (Å²) in [6, 6.07) is 0.386. The van der Waals surface area contributed by atoms with Gasteiger partial charge >= 0.3 is 0 Å². The van der Waals surface area contributed by atoms with Crippen molar-refractivity contribution in [2.75, 3.05) is 0 Å². The van der Waals surface area contributed by atoms with E-state index in [1.54, 1.807) is 6.33 Å². The lowest BCUT2D eigenvalue weighted by Gasteiger charge is -2.10. The molecule has 0 spiro atoms. The molecular weight excluding hydrogens is 203 g/mol. The van der Waals surface area contributed by atoms with E-state index in [2.05, 4.69) is 15.0 Å². The van der Waals surface area contributed by atoms with Crippen LogP contribution < -0.4 is 11.3 Å². The molecule has 5 nitrogen and oxygen atoms in total. The third-order valence-electron chi connectivity index (χ3n) is 3.18. The fraction of sp³-hybridized carbons (Fsp3) is 0.500. The maximum Gasteiger partial charge on any atom is 0.276 e. The maximum absolute atomic E-state index is 11.8. The van der Waals surface area contributed by atoms with Gasteiger partial charge in [0.15, 0.2) is 19.0 Å². The highest BCUT2D eigenvalue weighted by molar-refractivity contribution is 6.29. The van der Waals surface area contributed by atoms with Crippen molar-refractivity contribution < 1.29 is 0 Å². The van der Waals surface area contributed by atoms with Crippen molar-refractivity contribution in [1.82, 2.24) is 19.5 Å². The van der Waals surface area contributed by atoms with E-state index in [-0.39, 0.29) is 11.3 Å². The van der Waals surface area contributed by atoms with Crippen LogP contribution in [0.1, 0.15) is 31.7 Å². The molecule has 2 heterocycles. The fourth-order valence-electron chi connectivity index (χ4n) is 2.43. The number of nitrogens with zero attached hydrogens (tertiary/aromatic N) is 3. The highest BCUT2D eigenvalue weighted by Crippen LogP contribution is 2.30. The minimum Gasteiger partial charge on any atom is -0.322 e. The molecule has 0 unspecified atom stereocenters. The Balaban J connectivity index is 2.22. The van der Waals surface area contributed by atoms with Crippen molar-refractivity contribution in [1.29, 1.82) is 0 Å². The van der Waals surface area contributed by atoms with Crippen LogP contribution in [0.15, 0.2) is 11.1 Å². The number of rotatable bonds is 1. The molecule has 16 heavy (non-hydrogen) atoms. The molecule has 0 aromatic carbocycles. The van der Waals surface area contributed by atoms with Crippen LogP contribution in [0, 0.1) is 0 Å². The Morgan fingerprint density at radius 3 is 2.94 bits per heavy atom. The lowest BCUT2D eigenvalue weighted by Crippen LogP contribution is -2.25. The summed E-state index contributed by atoms with van der Waals surface area (Å²) < 4.78 is 1.94. The summed E-state index contributed by atoms with van der Waals surface area (Å²) in [6.07, 6.45) is 6.34. The highest BCUT2D eigenvalue weighted by Gasteiger charge is 2.20. The van der Waals surface area contributed by atoms with Crippen molar-refractivity contribution in [3.8, 4) is 0 Å². The van der Waals surface area contributed by atoms with Crippen LogP contribution in [0.25, 0.3) is 11.2 Å². The summed E-state index contributed by atoms with van der Waals surface area (Å²) in [5.74, 6) is 0. The Kier molecular flexibility index (Phi) is 2.09. The molecule has 0 bridgehead atoms. The normalized spacial score (nSPS) is 17.2. The molecule has 3 rings (SSSR count). The zero-order valence-electron chi connectivity index (χ0n) is 8.81. The summed E-state index contributed by atoms with van der Waals surface area (Å²) in [4.78, 5) is 22.5. The molecule has 0 aliphatic heterocycles. The molecule has 1 aliphatic rings. The van der Waals surface area contributed by atoms with Crippen LogP contribution in [0.5, 0.6) is 0 Å². The van der Waals surface area contributed by atoms with Crippen molar-refractivity contribution in [3.05, 3.63) is 16.7 Å². The molecule has 0 saturated heterocycles. The van der Waals surface area contributed by atoms with Gasteiger partial charge in [0.25, 0.3) is 5.56 Å². The number of H-pyrrole nitrogens is 1. The first-order valence-electron chi connectivity index (χ1n) is 5.48. The number of nitrogens with one attached hydrogen (secondary N) is 1. The van der Waals surface area contributed by atoms with E-state index >= 15 is 0 Å². The number of imidazole rings is 1. The standard InChI is InChI=1S/C10H11BN4O/c11-10-13-8-7(9(16)14-10)15(5-12-8)6-3-1-2-4-6/h5-6H,1-4H2,(H,13,14,16). The number of hydrogen-bond acceptors (Lipinski definition) is 3. The van der Waals surface area contributed by atoms with Crippen LogP contribution in [0.3, 0.4) is 0 Å². The quantitative estimate of drug-likeness (QED) is 0.681. The Bertz CT molecular complexity index is 582. The summed E-state index contributed by atoms with van der Waals surface area (Å²) in [5.41, 5.74) is 0.898. The zero-order valence-corrected chi connectivity index (χ0v) is 8.81. The Hall–Kier alpha value is -1.59. The molecular formula is C10H11BN4O. The molecule has 0 amide bonds. The van der Waals surface area contributed by atoms with Crippen molar-refractivity contribution in [3.63, 3.8) is 0 Å². The minimum atomic E-state index is -0.202. The van der Waals surface area contributed by atoms with Gasteiger partial charge in [-0.2, -0.15) is 0 Å². The number of aromatic nitrogens is 4. The monoisotopic (exact) mass is 214 g/mol. The highest BCUT2D eigenvalue weighted by atomic mass is 16.1. The van der Waals surface area contributed by atoms with E-state index in [4.69, 9.17) is 7.85 Å². The lowest BCUT2D eigenvalue weighted by molar-refractivity contribution is 0.531. The molecule has 2 radical (unpaired) electrons. The van der Waals surface area contributed by atoms with Gasteiger partial charge in [0.2, 0.25) is 0 Å². The first-order chi connectivity index (χ1) is 7.75. The van der Waals surface area contributed by atoms with Gasteiger partial charge in [0.05, 0.1) is 12.1 Å². The van der Waals surface area contributed by atoms with E-state index < -0.39 is 0 Å². The van der Waals surface area contributed by atoms with Gasteiger partial charge in [-0.25, -0.2) is 9.97 Å². The second-order valence-corrected chi connectivity index (χ2v) is 4.21. The van der Waals surface area contributed by atoms with E-state index in [1.165, 1.54) is 12.8 Å². The van der Waals surface area contributed by atoms with Crippen LogP contribution >= 0.6 is 0 Å². The molecule has 2 aromatic heterocycles. The van der Waals surface area contributed by atoms with E-state index in [0.717, 1.165) is 12.8 Å². The summed E-state index contributed by atoms with van der Waals surface area (Å²) in [5, 5.41) is 0. The number of aromatic amines is 1. The van der Waals surface area contributed by atoms with E-state index in [0.29, 0.717) is 17.2 Å². The van der Waals surface area contributed by atoms with Gasteiger partial charge in [-0.3, -0.25) is 4.79 Å². The van der Waals surface area contributed by atoms with Crippen molar-refractivity contribution >= 4 is 24.7 Å². The van der Waals surface area contributed by atoms with E-state index in [9.17, 15) is 4.79 Å². The van der Waals surface area contributed by atoms with Gasteiger partial charge in [0.1, 0.15) is 0 Å². The van der Waals surface area contributed by atoms with Crippen molar-refractivity contribution in [2.45, 2.75) is 31.7 Å². The third-order valence-corrected chi connectivity index (χ3v) is 3.18. The molecule has 1 fully saturated rings. The summed E-state index contributed by atoms with van der Waals surface area (Å²) >= 11 is 0. The molecule has 80 valence electrons. The number of fused-ring (bicyclic) bond motifs is 1. The topological polar surface area (TPSA) is 63.6 Å². The molecule has 1 N–H and O–H groups in total. The third kappa shape index (κ3) is 1.37. The zero-order chi connectivity index (χ0) is 11.1. The predicted molar refractivity (Wildman–Crippen MR) is 61.0 cm³/mol. The minimum absolute atomic E-state index is 0.120. The number of hydrogen-bond donors (Lipinski definition) is 1. The largest absolute Gasteiger partial charge is 0.322 e. The molecule has 2 aromatic rings. The average molecular weight is 214 g/mol. The fourth-order valence-corrected chi connectivity index (χ4v) is 2.43. The maximum atomic E-state index is 11.8. The van der Waals surface area contributed by atoms with Crippen LogP contribution in [-0.2, 0) is 0 Å². The van der Waals surface area contributed by atoms with Crippen LogP contribution in [0.4, 0.5) is 0 Å². The first-order valence-corrected chi connectivity index (χ1v) is 5.48. The SMILES string of the molecule is [B]c1nc2ncn(C3CCCC3)c2c(=O)[nH]1. The van der Waals surface area contributed by atoms with Crippen LogP contribution in [-0.4, -0.2) is 27.4 Å². The van der Waals surface area contributed by atoms with E-state index in [1.807, 2.05) is 4.57 Å².